The molecule has 0 N–H and O–H groups in total. The summed E-state index contributed by atoms with van der Waals surface area (Å²) in [6, 6.07) is 0. The Balaban J connectivity index is 1.79. The monoisotopic (exact) mass is 309 g/mol. The number of rotatable bonds is 5. The molecular formula is C16H27N3O3. The molecule has 22 heavy (non-hydrogen) atoms. The van der Waals surface area contributed by atoms with E-state index in [2.05, 4.69) is 6.92 Å². The van der Waals surface area contributed by atoms with Crippen LogP contribution in [-0.4, -0.2) is 72.2 Å². The molecule has 6 nitrogen and oxygen atoms in total. The van der Waals surface area contributed by atoms with Crippen LogP contribution in [0, 0.1) is 11.8 Å². The fourth-order valence-electron chi connectivity index (χ4n) is 3.01. The van der Waals surface area contributed by atoms with Crippen molar-refractivity contribution in [2.24, 2.45) is 11.8 Å². The van der Waals surface area contributed by atoms with E-state index in [1.54, 1.807) is 16.7 Å². The summed E-state index contributed by atoms with van der Waals surface area (Å²) in [5, 5.41) is 0. The van der Waals surface area contributed by atoms with E-state index < -0.39 is 0 Å². The maximum Gasteiger partial charge on any atom is 0.226 e. The van der Waals surface area contributed by atoms with Crippen molar-refractivity contribution in [1.29, 1.82) is 0 Å². The molecule has 0 aromatic rings. The molecule has 2 fully saturated rings. The van der Waals surface area contributed by atoms with E-state index in [1.165, 1.54) is 0 Å². The number of carbonyl (C=O) groups excluding carboxylic acids is 3. The highest BCUT2D eigenvalue weighted by Crippen LogP contribution is 2.41. The van der Waals surface area contributed by atoms with E-state index in [1.807, 2.05) is 11.9 Å². The molecule has 2 rings (SSSR count). The molecule has 0 aromatic carbocycles. The van der Waals surface area contributed by atoms with Crippen LogP contribution in [0.4, 0.5) is 0 Å². The second-order valence-corrected chi connectivity index (χ2v) is 6.39. The highest BCUT2D eigenvalue weighted by Gasteiger charge is 2.50. The van der Waals surface area contributed by atoms with Crippen molar-refractivity contribution in [2.75, 3.05) is 39.8 Å². The molecule has 1 aliphatic carbocycles. The predicted molar refractivity (Wildman–Crippen MR) is 83.0 cm³/mol. The molecule has 2 unspecified atom stereocenters. The van der Waals surface area contributed by atoms with Gasteiger partial charge in [0.1, 0.15) is 0 Å². The topological polar surface area (TPSA) is 60.9 Å². The molecule has 6 heteroatoms. The molecule has 1 heterocycles. The lowest BCUT2D eigenvalue weighted by Gasteiger charge is -2.34. The zero-order chi connectivity index (χ0) is 16.3. The third-order valence-corrected chi connectivity index (χ3v) is 4.68. The number of hydrogen-bond donors (Lipinski definition) is 0. The normalized spacial score (nSPS) is 24.1. The second kappa shape index (κ2) is 7.11. The Morgan fingerprint density at radius 2 is 1.64 bits per heavy atom. The van der Waals surface area contributed by atoms with E-state index in [4.69, 9.17) is 0 Å². The first-order chi connectivity index (χ1) is 10.5. The van der Waals surface area contributed by atoms with Crippen molar-refractivity contribution in [2.45, 2.75) is 33.1 Å². The molecule has 0 bridgehead atoms. The van der Waals surface area contributed by atoms with E-state index >= 15 is 0 Å². The summed E-state index contributed by atoms with van der Waals surface area (Å²) in [7, 11) is 1.82. The zero-order valence-electron chi connectivity index (χ0n) is 13.9. The summed E-state index contributed by atoms with van der Waals surface area (Å²) < 4.78 is 0. The fourth-order valence-corrected chi connectivity index (χ4v) is 3.01. The minimum Gasteiger partial charge on any atom is -0.346 e. The lowest BCUT2D eigenvalue weighted by Crippen LogP contribution is -2.50. The van der Waals surface area contributed by atoms with Crippen LogP contribution in [0.3, 0.4) is 0 Å². The molecular weight excluding hydrogens is 282 g/mol. The average molecular weight is 309 g/mol. The third kappa shape index (κ3) is 3.78. The Labute approximate surface area is 132 Å². The van der Waals surface area contributed by atoms with Crippen molar-refractivity contribution in [1.82, 2.24) is 14.7 Å². The Morgan fingerprint density at radius 3 is 2.18 bits per heavy atom. The SMILES string of the molecule is CCCCN(C)C(=O)C1CC1C(=O)N1CCN(C(C)=O)CC1. The first kappa shape index (κ1) is 16.8. The summed E-state index contributed by atoms with van der Waals surface area (Å²) >= 11 is 0. The van der Waals surface area contributed by atoms with Gasteiger partial charge in [-0.3, -0.25) is 14.4 Å². The number of amides is 3. The van der Waals surface area contributed by atoms with Gasteiger partial charge in [0.15, 0.2) is 0 Å². The third-order valence-electron chi connectivity index (χ3n) is 4.68. The maximum atomic E-state index is 12.4. The first-order valence-electron chi connectivity index (χ1n) is 8.25. The Bertz CT molecular complexity index is 444. The number of piperazine rings is 1. The van der Waals surface area contributed by atoms with Crippen LogP contribution in [-0.2, 0) is 14.4 Å². The summed E-state index contributed by atoms with van der Waals surface area (Å²) in [6.45, 7) is 6.79. The minimum absolute atomic E-state index is 0.0594. The van der Waals surface area contributed by atoms with Crippen molar-refractivity contribution < 1.29 is 14.4 Å². The van der Waals surface area contributed by atoms with Crippen LogP contribution in [0.5, 0.6) is 0 Å². The van der Waals surface area contributed by atoms with Crippen molar-refractivity contribution >= 4 is 17.7 Å². The summed E-state index contributed by atoms with van der Waals surface area (Å²) in [5.74, 6) is -0.00983. The highest BCUT2D eigenvalue weighted by atomic mass is 16.2. The summed E-state index contributed by atoms with van der Waals surface area (Å²) in [4.78, 5) is 41.3. The van der Waals surface area contributed by atoms with Gasteiger partial charge in [0.2, 0.25) is 17.7 Å². The lowest BCUT2D eigenvalue weighted by atomic mass is 10.2. The Hall–Kier alpha value is -1.59. The van der Waals surface area contributed by atoms with Crippen molar-refractivity contribution in [3.63, 3.8) is 0 Å². The Morgan fingerprint density at radius 1 is 1.05 bits per heavy atom. The number of carbonyl (C=O) groups is 3. The molecule has 0 aromatic heterocycles. The van der Waals surface area contributed by atoms with Crippen molar-refractivity contribution in [3.8, 4) is 0 Å². The molecule has 2 aliphatic rings. The van der Waals surface area contributed by atoms with Crippen LogP contribution in [0.15, 0.2) is 0 Å². The number of nitrogens with zero attached hydrogens (tertiary/aromatic N) is 3. The van der Waals surface area contributed by atoms with Crippen LogP contribution in [0.1, 0.15) is 33.1 Å². The van der Waals surface area contributed by atoms with E-state index in [-0.39, 0.29) is 29.6 Å². The van der Waals surface area contributed by atoms with Gasteiger partial charge in [0.25, 0.3) is 0 Å². The van der Waals surface area contributed by atoms with Gasteiger partial charge in [-0.05, 0) is 12.8 Å². The number of unbranched alkanes of at least 4 members (excludes halogenated alkanes) is 1. The van der Waals surface area contributed by atoms with Gasteiger partial charge in [-0.15, -0.1) is 0 Å². The average Bonchev–Trinajstić information content (AvgIpc) is 3.31. The number of hydrogen-bond acceptors (Lipinski definition) is 3. The van der Waals surface area contributed by atoms with Gasteiger partial charge in [-0.25, -0.2) is 0 Å². The van der Waals surface area contributed by atoms with Crippen LogP contribution >= 0.6 is 0 Å². The minimum atomic E-state index is -0.138. The maximum absolute atomic E-state index is 12.4. The second-order valence-electron chi connectivity index (χ2n) is 6.39. The quantitative estimate of drug-likeness (QED) is 0.746. The molecule has 1 saturated carbocycles. The smallest absolute Gasteiger partial charge is 0.226 e. The fraction of sp³-hybridized carbons (Fsp3) is 0.812. The van der Waals surface area contributed by atoms with Gasteiger partial charge in [0, 0.05) is 46.7 Å². The predicted octanol–water partition coefficient (Wildman–Crippen LogP) is 0.572. The van der Waals surface area contributed by atoms with Crippen molar-refractivity contribution in [3.05, 3.63) is 0 Å². The molecule has 0 spiro atoms. The van der Waals surface area contributed by atoms with Gasteiger partial charge in [-0.2, -0.15) is 0 Å². The molecule has 3 amide bonds. The van der Waals surface area contributed by atoms with Crippen LogP contribution < -0.4 is 0 Å². The van der Waals surface area contributed by atoms with E-state index in [9.17, 15) is 14.4 Å². The van der Waals surface area contributed by atoms with E-state index in [0.29, 0.717) is 32.6 Å². The summed E-state index contributed by atoms with van der Waals surface area (Å²) in [6.07, 6.45) is 2.74. The van der Waals surface area contributed by atoms with Crippen LogP contribution in [0.25, 0.3) is 0 Å². The highest BCUT2D eigenvalue weighted by molar-refractivity contribution is 5.92. The Kier molecular flexibility index (Phi) is 5.42. The van der Waals surface area contributed by atoms with Gasteiger partial charge in [-0.1, -0.05) is 13.3 Å². The molecule has 124 valence electrons. The molecule has 1 aliphatic heterocycles. The van der Waals surface area contributed by atoms with Crippen LogP contribution in [0.2, 0.25) is 0 Å². The van der Waals surface area contributed by atoms with Gasteiger partial charge >= 0.3 is 0 Å². The molecule has 1 saturated heterocycles. The summed E-state index contributed by atoms with van der Waals surface area (Å²) in [5.41, 5.74) is 0. The van der Waals surface area contributed by atoms with Gasteiger partial charge in [0.05, 0.1) is 11.8 Å². The largest absolute Gasteiger partial charge is 0.346 e. The van der Waals surface area contributed by atoms with E-state index in [0.717, 1.165) is 19.4 Å². The molecule has 2 atom stereocenters. The lowest BCUT2D eigenvalue weighted by molar-refractivity contribution is -0.141. The first-order valence-corrected chi connectivity index (χ1v) is 8.25. The zero-order valence-corrected chi connectivity index (χ0v) is 13.9. The van der Waals surface area contributed by atoms with Gasteiger partial charge < -0.3 is 14.7 Å². The molecule has 0 radical (unpaired) electrons. The standard InChI is InChI=1S/C16H27N3O3/c1-4-5-6-17(3)15(21)13-11-14(13)16(22)19-9-7-18(8-10-19)12(2)20/h13-14H,4-11H2,1-3H3.